The van der Waals surface area contributed by atoms with Crippen molar-refractivity contribution in [3.05, 3.63) is 142 Å². The van der Waals surface area contributed by atoms with Gasteiger partial charge in [-0.25, -0.2) is 0 Å². The summed E-state index contributed by atoms with van der Waals surface area (Å²) in [6.07, 6.45) is 0. The van der Waals surface area contributed by atoms with Gasteiger partial charge >= 0.3 is 8.24 Å². The van der Waals surface area contributed by atoms with Gasteiger partial charge in [0.1, 0.15) is 22.7 Å². The zero-order chi connectivity index (χ0) is 38.4. The number of hydrogen-bond donors (Lipinski definition) is 1. The minimum atomic E-state index is -1.80. The Hall–Kier alpha value is -4.99. The van der Waals surface area contributed by atoms with E-state index < -0.39 is 16.5 Å². The molecular formula is C46H47NO5P2. The van der Waals surface area contributed by atoms with Gasteiger partial charge in [-0.1, -0.05) is 66.2 Å². The third kappa shape index (κ3) is 7.03. The van der Waals surface area contributed by atoms with Crippen molar-refractivity contribution in [3.63, 3.8) is 0 Å². The number of benzene rings is 6. The lowest BCUT2D eigenvalue weighted by atomic mass is 9.92. The van der Waals surface area contributed by atoms with Crippen molar-refractivity contribution in [3.8, 4) is 33.8 Å². The minimum Gasteiger partial charge on any atom is -0.497 e. The molecule has 0 saturated heterocycles. The molecule has 276 valence electrons. The molecule has 0 fully saturated rings. The Morgan fingerprint density at radius 2 is 1.13 bits per heavy atom. The molecule has 1 aromatic heterocycles. The first kappa shape index (κ1) is 37.3. The van der Waals surface area contributed by atoms with Crippen molar-refractivity contribution in [1.82, 2.24) is 0 Å². The molecule has 1 N–H and O–H groups in total. The fraction of sp³-hybridized carbons (Fsp3) is 0.217. The molecule has 54 heavy (non-hydrogen) atoms. The predicted octanol–water partition coefficient (Wildman–Crippen LogP) is 13.0. The summed E-state index contributed by atoms with van der Waals surface area (Å²) in [4.78, 5) is 10.3. The van der Waals surface area contributed by atoms with Gasteiger partial charge in [-0.3, -0.25) is 0 Å². The molecule has 1 aliphatic heterocycles. The quantitative estimate of drug-likeness (QED) is 0.180. The number of hydrogen-bond acceptors (Lipinski definition) is 6. The van der Waals surface area contributed by atoms with Gasteiger partial charge in [0.2, 0.25) is 0 Å². The van der Waals surface area contributed by atoms with Crippen molar-refractivity contribution >= 4 is 49.5 Å². The standard InChI is InChI=1S/C33H35O4P.C13H12NOP/c1-18-10-21(4)25(8)27(13-18)28-14-19(2)11-22(5)31(28)35-38-36-32-23(6)12-20(3)15-29(32)30-17-26(34-9)16-24(7)33(30)37-38;1-14-12-8-4-2-6-10(12)11-7-3-5-9-13(11)16(14)15/h10-17H,1-9H3;2-9,15H,1H3. The number of ether oxygens (including phenoxy) is 1. The van der Waals surface area contributed by atoms with E-state index in [1.54, 1.807) is 7.11 Å². The smallest absolute Gasteiger partial charge is 0.453 e. The van der Waals surface area contributed by atoms with Crippen LogP contribution in [0.5, 0.6) is 11.5 Å². The first-order chi connectivity index (χ1) is 25.8. The monoisotopic (exact) mass is 755 g/mol. The number of methoxy groups -OCH3 is 1. The molecule has 8 heteroatoms. The van der Waals surface area contributed by atoms with Crippen LogP contribution in [0.4, 0.5) is 5.69 Å². The molecule has 0 amide bonds. The van der Waals surface area contributed by atoms with Crippen LogP contribution in [-0.2, 0) is 0 Å². The normalized spacial score (nSPS) is 13.6. The molecule has 0 aliphatic carbocycles. The maximum Gasteiger partial charge on any atom is 0.453 e. The van der Waals surface area contributed by atoms with E-state index in [2.05, 4.69) is 103 Å². The van der Waals surface area contributed by atoms with E-state index in [0.717, 1.165) is 77.8 Å². The van der Waals surface area contributed by atoms with Crippen LogP contribution in [0.3, 0.4) is 0 Å². The molecule has 1 aliphatic rings. The van der Waals surface area contributed by atoms with Gasteiger partial charge in [0.25, 0.3) is 0 Å². The van der Waals surface area contributed by atoms with Crippen molar-refractivity contribution < 1.29 is 22.5 Å². The number of para-hydroxylation sites is 1. The molecule has 2 heterocycles. The summed E-state index contributed by atoms with van der Waals surface area (Å²) < 4.78 is 27.5. The summed E-state index contributed by atoms with van der Waals surface area (Å²) in [5, 5.41) is 2.97. The lowest BCUT2D eigenvalue weighted by Crippen LogP contribution is -2.24. The Morgan fingerprint density at radius 1 is 0.574 bits per heavy atom. The highest BCUT2D eigenvalue weighted by atomic mass is 31.2. The number of anilines is 1. The molecule has 0 bridgehead atoms. The third-order valence-electron chi connectivity index (χ3n) is 10.2. The second-order valence-electron chi connectivity index (χ2n) is 14.3. The fourth-order valence-electron chi connectivity index (χ4n) is 7.45. The van der Waals surface area contributed by atoms with Gasteiger partial charge in [-0.15, -0.1) is 0 Å². The van der Waals surface area contributed by atoms with Crippen LogP contribution in [0.25, 0.3) is 44.2 Å². The summed E-state index contributed by atoms with van der Waals surface area (Å²) in [7, 11) is 0.606. The molecule has 0 radical (unpaired) electrons. The Kier molecular flexibility index (Phi) is 10.4. The first-order valence-electron chi connectivity index (χ1n) is 18.1. The largest absolute Gasteiger partial charge is 0.497 e. The maximum absolute atomic E-state index is 10.3. The number of nitrogens with zero attached hydrogens (tertiary/aromatic N) is 1. The van der Waals surface area contributed by atoms with E-state index in [0.29, 0.717) is 0 Å². The van der Waals surface area contributed by atoms with Crippen LogP contribution in [-0.4, -0.2) is 19.1 Å². The molecule has 2 atom stereocenters. The number of aryl methyl sites for hydroxylation is 7. The van der Waals surface area contributed by atoms with Gasteiger partial charge in [-0.2, -0.15) is 0 Å². The first-order valence-corrected chi connectivity index (χ1v) is 20.4. The van der Waals surface area contributed by atoms with Crippen LogP contribution in [0, 0.1) is 55.4 Å². The topological polar surface area (TPSA) is 68.2 Å². The SMILES string of the molecule is CN1c2ccccc2-c2ccccc2P1O.COc1cc(C)c2op(Oc3c(C)cc(C)cc3-c3cc(C)cc(C)c3C)oc3c(C)cc(C)cc3c2c1. The van der Waals surface area contributed by atoms with E-state index >= 15 is 0 Å². The van der Waals surface area contributed by atoms with Crippen LogP contribution >= 0.6 is 16.5 Å². The highest BCUT2D eigenvalue weighted by Crippen LogP contribution is 2.49. The van der Waals surface area contributed by atoms with Crippen molar-refractivity contribution in [2.75, 3.05) is 18.8 Å². The minimum absolute atomic E-state index is 0.759. The molecule has 0 saturated carbocycles. The van der Waals surface area contributed by atoms with E-state index in [1.807, 2.05) is 61.1 Å². The molecule has 6 aromatic carbocycles. The van der Waals surface area contributed by atoms with E-state index in [1.165, 1.54) is 33.4 Å². The Labute approximate surface area is 320 Å². The molecule has 0 spiro atoms. The van der Waals surface area contributed by atoms with Crippen LogP contribution in [0.15, 0.2) is 105 Å². The summed E-state index contributed by atoms with van der Waals surface area (Å²) in [5.41, 5.74) is 16.3. The lowest BCUT2D eigenvalue weighted by molar-refractivity contribution is 0.415. The van der Waals surface area contributed by atoms with Gasteiger partial charge in [-0.05, 0) is 142 Å². The number of rotatable bonds is 4. The zero-order valence-electron chi connectivity index (χ0n) is 32.7. The molecular weight excluding hydrogens is 708 g/mol. The van der Waals surface area contributed by atoms with Crippen LogP contribution in [0.2, 0.25) is 0 Å². The molecule has 2 unspecified atom stereocenters. The summed E-state index contributed by atoms with van der Waals surface area (Å²) in [6.45, 7) is 16.9. The highest BCUT2D eigenvalue weighted by molar-refractivity contribution is 7.62. The Bertz CT molecular complexity index is 2560. The van der Waals surface area contributed by atoms with Crippen molar-refractivity contribution in [1.29, 1.82) is 0 Å². The molecule has 6 nitrogen and oxygen atoms in total. The van der Waals surface area contributed by atoms with E-state index in [-0.39, 0.29) is 0 Å². The van der Waals surface area contributed by atoms with E-state index in [4.69, 9.17) is 17.7 Å². The summed E-state index contributed by atoms with van der Waals surface area (Å²) >= 11 is 0. The fourth-order valence-corrected chi connectivity index (χ4v) is 10.1. The zero-order valence-corrected chi connectivity index (χ0v) is 34.4. The van der Waals surface area contributed by atoms with Gasteiger partial charge in [0, 0.05) is 39.9 Å². The second kappa shape index (κ2) is 15.0. The van der Waals surface area contributed by atoms with Crippen LogP contribution in [0.1, 0.15) is 44.5 Å². The second-order valence-corrected chi connectivity index (χ2v) is 17.0. The molecule has 8 rings (SSSR count). The summed E-state index contributed by atoms with van der Waals surface area (Å²) in [6, 6.07) is 33.4. The average Bonchev–Trinajstić information content (AvgIpc) is 3.30. The van der Waals surface area contributed by atoms with Gasteiger partial charge in [0.15, 0.2) is 8.30 Å². The maximum atomic E-state index is 10.3. The van der Waals surface area contributed by atoms with Gasteiger partial charge < -0.3 is 27.2 Å². The Balaban J connectivity index is 0.000000232. The number of fused-ring (bicyclic) bond motifs is 6. The van der Waals surface area contributed by atoms with Crippen LogP contribution < -0.4 is 19.2 Å². The predicted molar refractivity (Wildman–Crippen MR) is 228 cm³/mol. The Morgan fingerprint density at radius 3 is 1.83 bits per heavy atom. The molecule has 7 aromatic rings. The van der Waals surface area contributed by atoms with E-state index in [9.17, 15) is 4.89 Å². The summed E-state index contributed by atoms with van der Waals surface area (Å²) in [5.74, 6) is 1.57. The van der Waals surface area contributed by atoms with Crippen molar-refractivity contribution in [2.24, 2.45) is 0 Å². The highest BCUT2D eigenvalue weighted by Gasteiger charge is 2.27. The average molecular weight is 756 g/mol. The van der Waals surface area contributed by atoms with Crippen molar-refractivity contribution in [2.45, 2.75) is 55.4 Å². The third-order valence-corrected chi connectivity index (χ3v) is 12.8. The van der Waals surface area contributed by atoms with Gasteiger partial charge in [0.05, 0.1) is 7.11 Å². The lowest BCUT2D eigenvalue weighted by Gasteiger charge is -2.33.